The highest BCUT2D eigenvalue weighted by Gasteiger charge is 2.21. The molecule has 0 aliphatic heterocycles. The second-order valence-electron chi connectivity index (χ2n) is 6.95. The summed E-state index contributed by atoms with van der Waals surface area (Å²) in [6, 6.07) is 26.4. The maximum Gasteiger partial charge on any atom is 0.281 e. The molecule has 1 aliphatic rings. The highest BCUT2D eigenvalue weighted by atomic mass is 16.5. The van der Waals surface area contributed by atoms with E-state index in [0.29, 0.717) is 0 Å². The lowest BCUT2D eigenvalue weighted by atomic mass is 9.83. The monoisotopic (exact) mass is 356 g/mol. The summed E-state index contributed by atoms with van der Waals surface area (Å²) >= 11 is 0. The van der Waals surface area contributed by atoms with E-state index in [9.17, 15) is 0 Å². The Bertz CT molecular complexity index is 946. The van der Waals surface area contributed by atoms with Gasteiger partial charge in [-0.25, -0.2) is 4.99 Å². The van der Waals surface area contributed by atoms with Crippen LogP contribution in [-0.2, 0) is 17.6 Å². The summed E-state index contributed by atoms with van der Waals surface area (Å²) in [6.07, 6.45) is 2.92. The molecule has 3 aromatic carbocycles. The van der Waals surface area contributed by atoms with Gasteiger partial charge in [0.15, 0.2) is 0 Å². The van der Waals surface area contributed by atoms with Gasteiger partial charge in [-0.3, -0.25) is 0 Å². The van der Waals surface area contributed by atoms with E-state index in [4.69, 9.17) is 10.5 Å². The van der Waals surface area contributed by atoms with Crippen LogP contribution in [0.4, 0.5) is 0 Å². The summed E-state index contributed by atoms with van der Waals surface area (Å²) in [5.41, 5.74) is 13.6. The molecule has 0 saturated carbocycles. The first kappa shape index (κ1) is 17.3. The number of methoxy groups -OCH3 is 1. The molecule has 0 amide bonds. The van der Waals surface area contributed by atoms with E-state index in [1.54, 1.807) is 7.11 Å². The van der Waals surface area contributed by atoms with Gasteiger partial charge in [0.05, 0.1) is 13.2 Å². The molecule has 1 atom stereocenters. The Morgan fingerprint density at radius 3 is 2.33 bits per heavy atom. The van der Waals surface area contributed by atoms with E-state index in [1.165, 1.54) is 33.4 Å². The molecule has 3 nitrogen and oxygen atoms in total. The Morgan fingerprint density at radius 1 is 0.889 bits per heavy atom. The number of ether oxygens (including phenoxy) is 1. The normalized spacial score (nSPS) is 16.6. The van der Waals surface area contributed by atoms with Crippen molar-refractivity contribution < 1.29 is 4.74 Å². The predicted molar refractivity (Wildman–Crippen MR) is 112 cm³/mol. The summed E-state index contributed by atoms with van der Waals surface area (Å²) < 4.78 is 5.01. The zero-order valence-corrected chi connectivity index (χ0v) is 15.6. The molecule has 0 aromatic heterocycles. The maximum atomic E-state index is 5.73. The van der Waals surface area contributed by atoms with Crippen molar-refractivity contribution in [3.8, 4) is 22.3 Å². The van der Waals surface area contributed by atoms with E-state index in [2.05, 4.69) is 71.7 Å². The van der Waals surface area contributed by atoms with Crippen LogP contribution >= 0.6 is 0 Å². The molecule has 3 heteroatoms. The minimum absolute atomic E-state index is 0.202. The summed E-state index contributed by atoms with van der Waals surface area (Å²) in [6.45, 7) is 0. The number of hydrogen-bond donors (Lipinski definition) is 1. The number of benzene rings is 3. The van der Waals surface area contributed by atoms with E-state index in [0.717, 1.165) is 19.3 Å². The third kappa shape index (κ3) is 3.72. The van der Waals surface area contributed by atoms with E-state index < -0.39 is 0 Å². The fraction of sp³-hybridized carbons (Fsp3) is 0.208. The number of fused-ring (bicyclic) bond motifs is 1. The van der Waals surface area contributed by atoms with Crippen molar-refractivity contribution in [2.75, 3.05) is 7.11 Å². The molecular formula is C24H24N2O. The second kappa shape index (κ2) is 7.67. The van der Waals surface area contributed by atoms with Gasteiger partial charge in [-0.1, -0.05) is 72.8 Å². The zero-order valence-electron chi connectivity index (χ0n) is 15.6. The van der Waals surface area contributed by atoms with Crippen LogP contribution in [0.2, 0.25) is 0 Å². The quantitative estimate of drug-likeness (QED) is 0.539. The zero-order chi connectivity index (χ0) is 18.6. The van der Waals surface area contributed by atoms with E-state index in [1.807, 2.05) is 6.07 Å². The van der Waals surface area contributed by atoms with Crippen LogP contribution in [0, 0.1) is 0 Å². The number of amidine groups is 1. The molecule has 27 heavy (non-hydrogen) atoms. The van der Waals surface area contributed by atoms with Crippen LogP contribution in [0.15, 0.2) is 77.8 Å². The van der Waals surface area contributed by atoms with Gasteiger partial charge in [-0.2, -0.15) is 0 Å². The predicted octanol–water partition coefficient (Wildman–Crippen LogP) is 4.84. The van der Waals surface area contributed by atoms with Crippen molar-refractivity contribution in [3.63, 3.8) is 0 Å². The van der Waals surface area contributed by atoms with E-state index in [-0.39, 0.29) is 12.1 Å². The first-order valence-corrected chi connectivity index (χ1v) is 9.38. The molecule has 1 aliphatic carbocycles. The molecule has 0 fully saturated rings. The van der Waals surface area contributed by atoms with Crippen LogP contribution in [0.1, 0.15) is 17.5 Å². The fourth-order valence-corrected chi connectivity index (χ4v) is 3.87. The largest absolute Gasteiger partial charge is 0.469 e. The first-order valence-electron chi connectivity index (χ1n) is 9.38. The van der Waals surface area contributed by atoms with Gasteiger partial charge in [-0.05, 0) is 52.6 Å². The molecule has 4 rings (SSSR count). The summed E-state index contributed by atoms with van der Waals surface area (Å²) in [5, 5.41) is 0. The minimum Gasteiger partial charge on any atom is -0.469 e. The molecule has 136 valence electrons. The number of rotatable bonds is 3. The van der Waals surface area contributed by atoms with Crippen molar-refractivity contribution in [1.82, 2.24) is 0 Å². The van der Waals surface area contributed by atoms with Crippen LogP contribution in [-0.4, -0.2) is 19.2 Å². The Balaban J connectivity index is 1.62. The topological polar surface area (TPSA) is 47.6 Å². The van der Waals surface area contributed by atoms with Crippen LogP contribution in [0.3, 0.4) is 0 Å². The SMILES string of the molecule is COC(N)=NC1CCc2c(cccc2-c2ccc(-c3ccccc3)cc2)C1. The van der Waals surface area contributed by atoms with Crippen molar-refractivity contribution >= 4 is 6.02 Å². The van der Waals surface area contributed by atoms with Crippen molar-refractivity contribution in [3.05, 3.63) is 83.9 Å². The van der Waals surface area contributed by atoms with Gasteiger partial charge in [0, 0.05) is 0 Å². The van der Waals surface area contributed by atoms with Crippen molar-refractivity contribution in [1.29, 1.82) is 0 Å². The lowest BCUT2D eigenvalue weighted by molar-refractivity contribution is 0.388. The average Bonchev–Trinajstić information content (AvgIpc) is 2.74. The summed E-state index contributed by atoms with van der Waals surface area (Å²) in [4.78, 5) is 4.47. The van der Waals surface area contributed by atoms with Crippen molar-refractivity contribution in [2.45, 2.75) is 25.3 Å². The fourth-order valence-electron chi connectivity index (χ4n) is 3.87. The van der Waals surface area contributed by atoms with E-state index >= 15 is 0 Å². The van der Waals surface area contributed by atoms with Gasteiger partial charge in [-0.15, -0.1) is 0 Å². The van der Waals surface area contributed by atoms with Crippen LogP contribution < -0.4 is 5.73 Å². The summed E-state index contributed by atoms with van der Waals surface area (Å²) in [5.74, 6) is 0. The highest BCUT2D eigenvalue weighted by molar-refractivity contribution is 5.74. The molecular weight excluding hydrogens is 332 g/mol. The molecule has 0 bridgehead atoms. The molecule has 2 N–H and O–H groups in total. The molecule has 0 spiro atoms. The highest BCUT2D eigenvalue weighted by Crippen LogP contribution is 2.33. The summed E-state index contributed by atoms with van der Waals surface area (Å²) in [7, 11) is 1.56. The van der Waals surface area contributed by atoms with Gasteiger partial charge in [0.25, 0.3) is 6.02 Å². The maximum absolute atomic E-state index is 5.73. The number of nitrogens with zero attached hydrogens (tertiary/aromatic N) is 1. The first-order chi connectivity index (χ1) is 13.2. The molecule has 3 aromatic rings. The lowest BCUT2D eigenvalue weighted by Gasteiger charge is -2.24. The third-order valence-electron chi connectivity index (χ3n) is 5.28. The number of hydrogen-bond acceptors (Lipinski definition) is 2. The van der Waals surface area contributed by atoms with Gasteiger partial charge >= 0.3 is 0 Å². The Morgan fingerprint density at radius 2 is 1.59 bits per heavy atom. The number of aliphatic imine (C=N–C) groups is 1. The molecule has 0 radical (unpaired) electrons. The number of nitrogens with two attached hydrogens (primary N) is 1. The minimum atomic E-state index is 0.202. The Kier molecular flexibility index (Phi) is 4.93. The third-order valence-corrected chi connectivity index (χ3v) is 5.28. The molecule has 1 unspecified atom stereocenters. The second-order valence-corrected chi connectivity index (χ2v) is 6.95. The van der Waals surface area contributed by atoms with Gasteiger partial charge in [0.1, 0.15) is 0 Å². The standard InChI is InChI=1S/C24H24N2O/c1-27-24(25)26-21-14-15-23-20(16-21)8-5-9-22(23)19-12-10-18(11-13-19)17-6-3-2-4-7-17/h2-13,21H,14-16H2,1H3,(H2,25,26). The van der Waals surface area contributed by atoms with Gasteiger partial charge in [0.2, 0.25) is 0 Å². The molecule has 0 heterocycles. The van der Waals surface area contributed by atoms with Crippen molar-refractivity contribution in [2.24, 2.45) is 10.7 Å². The Hall–Kier alpha value is -3.07. The van der Waals surface area contributed by atoms with Crippen LogP contribution in [0.5, 0.6) is 0 Å². The van der Waals surface area contributed by atoms with Gasteiger partial charge < -0.3 is 10.5 Å². The smallest absolute Gasteiger partial charge is 0.281 e. The molecule has 0 saturated heterocycles. The van der Waals surface area contributed by atoms with Crippen LogP contribution in [0.25, 0.3) is 22.3 Å². The average molecular weight is 356 g/mol. The lowest BCUT2D eigenvalue weighted by Crippen LogP contribution is -2.23. The Labute approximate surface area is 160 Å².